The zero-order valence-corrected chi connectivity index (χ0v) is 11.9. The van der Waals surface area contributed by atoms with Crippen molar-refractivity contribution in [2.45, 2.75) is 4.90 Å². The first kappa shape index (κ1) is 13.5. The number of benzene rings is 1. The summed E-state index contributed by atoms with van der Waals surface area (Å²) in [6, 6.07) is 6.06. The van der Waals surface area contributed by atoms with Crippen molar-refractivity contribution < 1.29 is 61.6 Å². The maximum Gasteiger partial charge on any atom is 1.00 e. The van der Waals surface area contributed by atoms with Crippen molar-refractivity contribution in [2.75, 3.05) is 0 Å². The van der Waals surface area contributed by atoms with Crippen molar-refractivity contribution in [1.82, 2.24) is 0 Å². The molecule has 1 aromatic carbocycles. The van der Waals surface area contributed by atoms with E-state index in [9.17, 15) is 4.21 Å². The summed E-state index contributed by atoms with van der Waals surface area (Å²) in [4.78, 5) is 0.181. The van der Waals surface area contributed by atoms with Gasteiger partial charge in [-0.1, -0.05) is 17.7 Å². The van der Waals surface area contributed by atoms with Crippen LogP contribution in [0.2, 0.25) is 5.02 Å². The molecular weight excluding hydrogens is 243 g/mol. The molecule has 62 valence electrons. The van der Waals surface area contributed by atoms with E-state index in [-0.39, 0.29) is 57.7 Å². The minimum Gasteiger partial charge on any atom is -1.00 e. The van der Waals surface area contributed by atoms with Crippen LogP contribution in [0.25, 0.3) is 0 Å². The molecule has 0 aliphatic rings. The second-order valence-corrected chi connectivity index (χ2v) is 5.15. The average Bonchev–Trinajstić information content (AvgIpc) is 1.86. The molecule has 0 saturated heterocycles. The van der Waals surface area contributed by atoms with Gasteiger partial charge in [-0.05, 0) is 18.2 Å². The molecule has 1 aromatic rings. The smallest absolute Gasteiger partial charge is 1.00 e. The zero-order valence-electron chi connectivity index (χ0n) is 7.36. The van der Waals surface area contributed by atoms with Gasteiger partial charge in [0, 0.05) is 16.2 Å². The van der Waals surface area contributed by atoms with E-state index in [2.05, 4.69) is 11.2 Å². The minimum absolute atomic E-state index is 0. The Morgan fingerprint density at radius 3 is 2.50 bits per heavy atom. The summed E-state index contributed by atoms with van der Waals surface area (Å²) in [6.45, 7) is 0. The van der Waals surface area contributed by atoms with E-state index >= 15 is 0 Å². The first-order chi connectivity index (χ1) is 5.00. The topological polar surface area (TPSA) is 37.3 Å². The predicted octanol–water partition coefficient (Wildman–Crippen LogP) is -0.965. The molecule has 1 rings (SSSR count). The van der Waals surface area contributed by atoms with Gasteiger partial charge in [0.2, 0.25) is 0 Å². The Bertz CT molecular complexity index is 369. The summed E-state index contributed by atoms with van der Waals surface area (Å²) in [7, 11) is -3.28. The minimum atomic E-state index is -3.28. The quantitative estimate of drug-likeness (QED) is 0.651. The summed E-state index contributed by atoms with van der Waals surface area (Å²) < 4.78 is 19.7. The van der Waals surface area contributed by atoms with Crippen LogP contribution in [0.5, 0.6) is 0 Å². The molecule has 0 aliphatic carbocycles. The Balaban J connectivity index is 0. The SMILES string of the molecule is O=S(O)(=S)c1cccc(Cl)c1.[H-].[K+]. The van der Waals surface area contributed by atoms with Crippen molar-refractivity contribution in [3.63, 3.8) is 0 Å². The monoisotopic (exact) mass is 248 g/mol. The number of halogens is 1. The zero-order chi connectivity index (χ0) is 8.48. The number of hydrogen-bond donors (Lipinski definition) is 1. The van der Waals surface area contributed by atoms with Crippen molar-refractivity contribution in [1.29, 1.82) is 0 Å². The Morgan fingerprint density at radius 1 is 1.58 bits per heavy atom. The van der Waals surface area contributed by atoms with Crippen LogP contribution in [-0.4, -0.2) is 8.76 Å². The molecular formula is C6H6ClKO2S2. The van der Waals surface area contributed by atoms with E-state index in [1.807, 2.05) is 0 Å². The van der Waals surface area contributed by atoms with Crippen LogP contribution in [0.1, 0.15) is 1.43 Å². The standard InChI is InChI=1S/C6H5ClO2S2.K.H/c7-5-2-1-3-6(4-5)11(8,9)10;;/h1-4H,(H,8,9,10);;/q;+1;-1. The van der Waals surface area contributed by atoms with E-state index in [0.29, 0.717) is 5.02 Å². The van der Waals surface area contributed by atoms with E-state index in [0.717, 1.165) is 0 Å². The Hall–Kier alpha value is 1.48. The summed E-state index contributed by atoms with van der Waals surface area (Å²) >= 11 is 9.90. The molecule has 0 bridgehead atoms. The molecule has 0 spiro atoms. The van der Waals surface area contributed by atoms with Gasteiger partial charge in [0.15, 0.2) is 8.77 Å². The molecule has 0 fully saturated rings. The molecule has 0 amide bonds. The molecule has 1 unspecified atom stereocenters. The van der Waals surface area contributed by atoms with Crippen LogP contribution >= 0.6 is 11.6 Å². The summed E-state index contributed by atoms with van der Waals surface area (Å²) in [5, 5.41) is 0.411. The van der Waals surface area contributed by atoms with Gasteiger partial charge >= 0.3 is 51.4 Å². The molecule has 6 heteroatoms. The van der Waals surface area contributed by atoms with Crippen LogP contribution in [0, 0.1) is 0 Å². The molecule has 1 N–H and O–H groups in total. The van der Waals surface area contributed by atoms with Gasteiger partial charge in [-0.2, -0.15) is 0 Å². The van der Waals surface area contributed by atoms with Gasteiger partial charge in [-0.3, -0.25) is 0 Å². The third-order valence-electron chi connectivity index (χ3n) is 1.09. The third kappa shape index (κ3) is 4.12. The van der Waals surface area contributed by atoms with Crippen molar-refractivity contribution in [3.05, 3.63) is 29.3 Å². The largest absolute Gasteiger partial charge is 1.00 e. The van der Waals surface area contributed by atoms with Gasteiger partial charge in [0.05, 0.1) is 4.90 Å². The Labute approximate surface area is 125 Å². The average molecular weight is 249 g/mol. The summed E-state index contributed by atoms with van der Waals surface area (Å²) in [5.74, 6) is 0. The fourth-order valence-electron chi connectivity index (χ4n) is 0.627. The van der Waals surface area contributed by atoms with Crippen LogP contribution in [-0.2, 0) is 20.0 Å². The Kier molecular flexibility index (Phi) is 6.04. The van der Waals surface area contributed by atoms with Gasteiger partial charge in [0.1, 0.15) is 0 Å². The molecule has 12 heavy (non-hydrogen) atoms. The van der Waals surface area contributed by atoms with E-state index in [4.69, 9.17) is 16.2 Å². The molecule has 1 atom stereocenters. The van der Waals surface area contributed by atoms with Gasteiger partial charge in [0.25, 0.3) is 0 Å². The van der Waals surface area contributed by atoms with Crippen molar-refractivity contribution in [3.8, 4) is 0 Å². The summed E-state index contributed by atoms with van der Waals surface area (Å²) in [6.07, 6.45) is 0. The second-order valence-electron chi connectivity index (χ2n) is 1.93. The summed E-state index contributed by atoms with van der Waals surface area (Å²) in [5.41, 5.74) is 0. The van der Waals surface area contributed by atoms with Gasteiger partial charge in [-0.25, -0.2) is 4.21 Å². The van der Waals surface area contributed by atoms with Crippen LogP contribution in [0.15, 0.2) is 29.2 Å². The van der Waals surface area contributed by atoms with Gasteiger partial charge < -0.3 is 5.98 Å². The van der Waals surface area contributed by atoms with Crippen LogP contribution in [0.4, 0.5) is 0 Å². The first-order valence-electron chi connectivity index (χ1n) is 2.73. The fourth-order valence-corrected chi connectivity index (χ4v) is 1.72. The maximum absolute atomic E-state index is 10.9. The third-order valence-corrected chi connectivity index (χ3v) is 2.76. The van der Waals surface area contributed by atoms with Gasteiger partial charge in [-0.15, -0.1) is 0 Å². The number of rotatable bonds is 1. The second kappa shape index (κ2) is 5.38. The molecule has 0 saturated carbocycles. The Morgan fingerprint density at radius 2 is 2.17 bits per heavy atom. The predicted molar refractivity (Wildman–Crippen MR) is 49.0 cm³/mol. The molecule has 0 aliphatic heterocycles. The van der Waals surface area contributed by atoms with E-state index in [1.54, 1.807) is 12.1 Å². The molecule has 2 nitrogen and oxygen atoms in total. The normalized spacial score (nSPS) is 14.5. The molecule has 0 heterocycles. The van der Waals surface area contributed by atoms with Crippen molar-refractivity contribution >= 4 is 31.6 Å². The van der Waals surface area contributed by atoms with Crippen LogP contribution in [0.3, 0.4) is 0 Å². The first-order valence-corrected chi connectivity index (χ1v) is 5.55. The van der Waals surface area contributed by atoms with E-state index in [1.165, 1.54) is 12.1 Å². The van der Waals surface area contributed by atoms with E-state index < -0.39 is 8.77 Å². The fraction of sp³-hybridized carbons (Fsp3) is 0. The number of hydrogen-bond acceptors (Lipinski definition) is 2. The van der Waals surface area contributed by atoms with Crippen LogP contribution < -0.4 is 51.4 Å². The maximum atomic E-state index is 10.9. The van der Waals surface area contributed by atoms with Crippen molar-refractivity contribution in [2.24, 2.45) is 0 Å². The molecule has 0 radical (unpaired) electrons. The molecule has 0 aromatic heterocycles.